The molecule has 0 saturated carbocycles. The Balaban J connectivity index is 1.60. The Labute approximate surface area is 172 Å². The molecule has 0 radical (unpaired) electrons. The summed E-state index contributed by atoms with van der Waals surface area (Å²) in [6.07, 6.45) is 4.82. The maximum Gasteiger partial charge on any atom is 0.343 e. The van der Waals surface area contributed by atoms with Gasteiger partial charge in [0.05, 0.1) is 24.2 Å². The molecule has 0 fully saturated rings. The van der Waals surface area contributed by atoms with Crippen molar-refractivity contribution in [3.05, 3.63) is 66.2 Å². The summed E-state index contributed by atoms with van der Waals surface area (Å²) in [7, 11) is 0. The SMILES string of the molecule is CCOC(=O)c1cnn2c(-c3cccc(NC(=O)Cn4ccc(C)n4)c3)ccnc12. The topological polar surface area (TPSA) is 103 Å². The summed E-state index contributed by atoms with van der Waals surface area (Å²) in [6.45, 7) is 4.01. The smallest absolute Gasteiger partial charge is 0.343 e. The van der Waals surface area contributed by atoms with E-state index in [0.29, 0.717) is 16.9 Å². The van der Waals surface area contributed by atoms with Crippen LogP contribution in [0.2, 0.25) is 0 Å². The molecule has 0 bridgehead atoms. The van der Waals surface area contributed by atoms with Crippen LogP contribution in [0.4, 0.5) is 5.69 Å². The van der Waals surface area contributed by atoms with Gasteiger partial charge in [-0.2, -0.15) is 10.2 Å². The monoisotopic (exact) mass is 404 g/mol. The van der Waals surface area contributed by atoms with Gasteiger partial charge in [0.2, 0.25) is 5.91 Å². The zero-order valence-corrected chi connectivity index (χ0v) is 16.6. The average molecular weight is 404 g/mol. The van der Waals surface area contributed by atoms with Gasteiger partial charge in [-0.1, -0.05) is 12.1 Å². The van der Waals surface area contributed by atoms with Gasteiger partial charge in [0.25, 0.3) is 0 Å². The lowest BCUT2D eigenvalue weighted by atomic mass is 10.1. The van der Waals surface area contributed by atoms with Crippen molar-refractivity contribution in [2.45, 2.75) is 20.4 Å². The van der Waals surface area contributed by atoms with Crippen LogP contribution in [0, 0.1) is 6.92 Å². The van der Waals surface area contributed by atoms with Crippen LogP contribution in [-0.4, -0.2) is 42.9 Å². The summed E-state index contributed by atoms with van der Waals surface area (Å²) in [5.74, 6) is -0.647. The lowest BCUT2D eigenvalue weighted by Crippen LogP contribution is -2.19. The number of ether oxygens (including phenoxy) is 1. The molecule has 3 aromatic heterocycles. The van der Waals surface area contributed by atoms with Crippen molar-refractivity contribution in [3.63, 3.8) is 0 Å². The second kappa shape index (κ2) is 8.16. The minimum absolute atomic E-state index is 0.125. The van der Waals surface area contributed by atoms with Crippen molar-refractivity contribution in [1.82, 2.24) is 24.4 Å². The van der Waals surface area contributed by atoms with Gasteiger partial charge in [-0.25, -0.2) is 14.3 Å². The van der Waals surface area contributed by atoms with Crippen LogP contribution in [0.3, 0.4) is 0 Å². The average Bonchev–Trinajstić information content (AvgIpc) is 3.34. The highest BCUT2D eigenvalue weighted by Gasteiger charge is 2.17. The molecule has 4 rings (SSSR count). The number of carbonyl (C=O) groups is 2. The molecule has 1 aromatic carbocycles. The Morgan fingerprint density at radius 3 is 2.83 bits per heavy atom. The highest BCUT2D eigenvalue weighted by molar-refractivity contribution is 5.96. The standard InChI is InChI=1S/C21H20N6O3/c1-3-30-21(29)17-12-23-27-18(7-9-22-20(17)27)15-5-4-6-16(11-15)24-19(28)13-26-10-8-14(2)25-26/h4-12H,3,13H2,1-2H3,(H,24,28). The van der Waals surface area contributed by atoms with Gasteiger partial charge in [0, 0.05) is 23.6 Å². The van der Waals surface area contributed by atoms with Crippen LogP contribution in [0.1, 0.15) is 23.0 Å². The number of esters is 1. The molecular weight excluding hydrogens is 384 g/mol. The third-order valence-corrected chi connectivity index (χ3v) is 4.42. The van der Waals surface area contributed by atoms with Crippen molar-refractivity contribution < 1.29 is 14.3 Å². The molecule has 0 aliphatic heterocycles. The number of fused-ring (bicyclic) bond motifs is 1. The molecule has 0 saturated heterocycles. The minimum atomic E-state index is -0.466. The Morgan fingerprint density at radius 1 is 1.20 bits per heavy atom. The number of hydrogen-bond donors (Lipinski definition) is 1. The summed E-state index contributed by atoms with van der Waals surface area (Å²) in [4.78, 5) is 28.7. The zero-order chi connectivity index (χ0) is 21.1. The summed E-state index contributed by atoms with van der Waals surface area (Å²) in [6, 6.07) is 11.0. The highest BCUT2D eigenvalue weighted by atomic mass is 16.5. The van der Waals surface area contributed by atoms with E-state index in [1.165, 1.54) is 6.20 Å². The molecule has 152 valence electrons. The Kier molecular flexibility index (Phi) is 5.25. The van der Waals surface area contributed by atoms with E-state index in [4.69, 9.17) is 4.74 Å². The van der Waals surface area contributed by atoms with E-state index in [1.807, 2.05) is 31.2 Å². The maximum atomic E-state index is 12.3. The van der Waals surface area contributed by atoms with E-state index in [0.717, 1.165) is 17.0 Å². The highest BCUT2D eigenvalue weighted by Crippen LogP contribution is 2.24. The summed E-state index contributed by atoms with van der Waals surface area (Å²) in [5, 5.41) is 11.4. The molecule has 9 nitrogen and oxygen atoms in total. The fourth-order valence-electron chi connectivity index (χ4n) is 3.12. The number of hydrogen-bond acceptors (Lipinski definition) is 6. The van der Waals surface area contributed by atoms with Gasteiger partial charge in [-0.3, -0.25) is 9.48 Å². The Hall–Kier alpha value is -4.01. The van der Waals surface area contributed by atoms with Crippen molar-refractivity contribution in [2.24, 2.45) is 0 Å². The van der Waals surface area contributed by atoms with Gasteiger partial charge in [-0.15, -0.1) is 0 Å². The molecule has 3 heterocycles. The first-order valence-electron chi connectivity index (χ1n) is 9.45. The number of rotatable bonds is 6. The fraction of sp³-hybridized carbons (Fsp3) is 0.190. The first kappa shape index (κ1) is 19.3. The number of nitrogens with one attached hydrogen (secondary N) is 1. The molecule has 30 heavy (non-hydrogen) atoms. The van der Waals surface area contributed by atoms with Crippen LogP contribution in [0.15, 0.2) is 55.0 Å². The molecule has 0 atom stereocenters. The van der Waals surface area contributed by atoms with E-state index in [9.17, 15) is 9.59 Å². The lowest BCUT2D eigenvalue weighted by Gasteiger charge is -2.09. The molecule has 9 heteroatoms. The van der Waals surface area contributed by atoms with E-state index < -0.39 is 5.97 Å². The molecule has 0 unspecified atom stereocenters. The number of benzene rings is 1. The molecule has 0 spiro atoms. The van der Waals surface area contributed by atoms with Crippen LogP contribution in [0.5, 0.6) is 0 Å². The number of aryl methyl sites for hydroxylation is 1. The minimum Gasteiger partial charge on any atom is -0.462 e. The van der Waals surface area contributed by atoms with Gasteiger partial charge >= 0.3 is 5.97 Å². The van der Waals surface area contributed by atoms with Gasteiger partial charge in [0.1, 0.15) is 12.1 Å². The van der Waals surface area contributed by atoms with Gasteiger partial charge < -0.3 is 10.1 Å². The summed E-state index contributed by atoms with van der Waals surface area (Å²) in [5.41, 5.74) is 3.76. The van der Waals surface area contributed by atoms with Gasteiger partial charge in [0.15, 0.2) is 5.65 Å². The van der Waals surface area contributed by atoms with Crippen molar-refractivity contribution >= 4 is 23.2 Å². The number of anilines is 1. The van der Waals surface area contributed by atoms with Crippen LogP contribution in [0.25, 0.3) is 16.9 Å². The molecule has 4 aromatic rings. The van der Waals surface area contributed by atoms with Crippen molar-refractivity contribution in [3.8, 4) is 11.3 Å². The third-order valence-electron chi connectivity index (χ3n) is 4.42. The second-order valence-electron chi connectivity index (χ2n) is 6.63. The molecule has 1 N–H and O–H groups in total. The Bertz CT molecular complexity index is 1230. The normalized spacial score (nSPS) is 10.9. The number of amides is 1. The van der Waals surface area contributed by atoms with Crippen molar-refractivity contribution in [2.75, 3.05) is 11.9 Å². The molecule has 1 amide bonds. The van der Waals surface area contributed by atoms with Crippen molar-refractivity contribution in [1.29, 1.82) is 0 Å². The summed E-state index contributed by atoms with van der Waals surface area (Å²) < 4.78 is 8.23. The predicted molar refractivity (Wildman–Crippen MR) is 110 cm³/mol. The van der Waals surface area contributed by atoms with E-state index in [2.05, 4.69) is 20.5 Å². The van der Waals surface area contributed by atoms with E-state index in [1.54, 1.807) is 40.6 Å². The van der Waals surface area contributed by atoms with E-state index in [-0.39, 0.29) is 19.1 Å². The number of aromatic nitrogens is 5. The zero-order valence-electron chi connectivity index (χ0n) is 16.6. The maximum absolute atomic E-state index is 12.3. The number of carbonyl (C=O) groups excluding carboxylic acids is 2. The first-order valence-corrected chi connectivity index (χ1v) is 9.45. The van der Waals surface area contributed by atoms with Crippen LogP contribution >= 0.6 is 0 Å². The first-order chi connectivity index (χ1) is 14.5. The number of nitrogens with zero attached hydrogens (tertiary/aromatic N) is 5. The lowest BCUT2D eigenvalue weighted by molar-refractivity contribution is -0.116. The van der Waals surface area contributed by atoms with Gasteiger partial charge in [-0.05, 0) is 38.1 Å². The van der Waals surface area contributed by atoms with Crippen LogP contribution < -0.4 is 5.32 Å². The fourth-order valence-corrected chi connectivity index (χ4v) is 3.12. The molecule has 0 aliphatic carbocycles. The molecular formula is C21H20N6O3. The third kappa shape index (κ3) is 3.90. The Morgan fingerprint density at radius 2 is 2.07 bits per heavy atom. The quantitative estimate of drug-likeness (QED) is 0.496. The largest absolute Gasteiger partial charge is 0.462 e. The second-order valence-corrected chi connectivity index (χ2v) is 6.63. The van der Waals surface area contributed by atoms with E-state index >= 15 is 0 Å². The summed E-state index contributed by atoms with van der Waals surface area (Å²) >= 11 is 0. The predicted octanol–water partition coefficient (Wildman–Crippen LogP) is 2.72. The van der Waals surface area contributed by atoms with Crippen LogP contribution in [-0.2, 0) is 16.1 Å². The molecule has 0 aliphatic rings.